The highest BCUT2D eigenvalue weighted by atomic mass is 19.1. The van der Waals surface area contributed by atoms with Crippen molar-refractivity contribution in [1.29, 1.82) is 0 Å². The molecule has 1 N–H and O–H groups in total. The van der Waals surface area contributed by atoms with Crippen molar-refractivity contribution in [2.75, 3.05) is 18.4 Å². The molecular formula is C19H17F3N2O2. The molecule has 3 rings (SSSR count). The number of carbonyl (C=O) groups is 2. The molecule has 1 aliphatic heterocycles. The van der Waals surface area contributed by atoms with Crippen LogP contribution in [0.1, 0.15) is 23.2 Å². The van der Waals surface area contributed by atoms with Crippen molar-refractivity contribution < 1.29 is 22.8 Å². The maximum Gasteiger partial charge on any atom is 0.256 e. The highest BCUT2D eigenvalue weighted by Crippen LogP contribution is 2.23. The Labute approximate surface area is 148 Å². The van der Waals surface area contributed by atoms with Crippen molar-refractivity contribution in [3.8, 4) is 0 Å². The largest absolute Gasteiger partial charge is 0.339 e. The van der Waals surface area contributed by atoms with Crippen LogP contribution < -0.4 is 5.32 Å². The molecule has 1 heterocycles. The summed E-state index contributed by atoms with van der Waals surface area (Å²) in [7, 11) is 0. The van der Waals surface area contributed by atoms with Gasteiger partial charge in [-0.05, 0) is 37.1 Å². The van der Waals surface area contributed by atoms with Crippen molar-refractivity contribution in [2.24, 2.45) is 5.92 Å². The van der Waals surface area contributed by atoms with Crippen LogP contribution in [0.5, 0.6) is 0 Å². The number of rotatable bonds is 3. The molecule has 0 spiro atoms. The molecule has 4 nitrogen and oxygen atoms in total. The molecule has 2 aromatic rings. The third-order valence-electron chi connectivity index (χ3n) is 4.45. The Morgan fingerprint density at radius 2 is 1.65 bits per heavy atom. The van der Waals surface area contributed by atoms with E-state index in [0.29, 0.717) is 18.9 Å². The second kappa shape index (κ2) is 7.59. The Morgan fingerprint density at radius 3 is 2.31 bits per heavy atom. The maximum atomic E-state index is 13.8. The summed E-state index contributed by atoms with van der Waals surface area (Å²) in [6, 6.07) is 8.70. The number of nitrogens with one attached hydrogen (secondary N) is 1. The summed E-state index contributed by atoms with van der Waals surface area (Å²) in [5.41, 5.74) is -0.0787. The van der Waals surface area contributed by atoms with E-state index in [1.54, 1.807) is 6.07 Å². The molecule has 1 fully saturated rings. The zero-order valence-corrected chi connectivity index (χ0v) is 13.8. The lowest BCUT2D eigenvalue weighted by Crippen LogP contribution is -2.41. The first-order chi connectivity index (χ1) is 12.5. The summed E-state index contributed by atoms with van der Waals surface area (Å²) >= 11 is 0. The number of benzene rings is 2. The van der Waals surface area contributed by atoms with E-state index in [-0.39, 0.29) is 36.2 Å². The van der Waals surface area contributed by atoms with Gasteiger partial charge in [-0.25, -0.2) is 13.2 Å². The van der Waals surface area contributed by atoms with Crippen molar-refractivity contribution in [2.45, 2.75) is 12.8 Å². The minimum Gasteiger partial charge on any atom is -0.339 e. The zero-order valence-electron chi connectivity index (χ0n) is 13.8. The number of amides is 2. The normalized spacial score (nSPS) is 15.0. The number of likely N-dealkylation sites (tertiary alicyclic amines) is 1. The van der Waals surface area contributed by atoms with Crippen molar-refractivity contribution >= 4 is 17.5 Å². The van der Waals surface area contributed by atoms with Crippen LogP contribution in [0.4, 0.5) is 18.9 Å². The Bertz CT molecular complexity index is 833. The van der Waals surface area contributed by atoms with Crippen LogP contribution in [0.2, 0.25) is 0 Å². The van der Waals surface area contributed by atoms with Crippen molar-refractivity contribution in [1.82, 2.24) is 4.90 Å². The number of anilines is 1. The SMILES string of the molecule is O=C(Nc1ccccc1F)C1CCN(C(=O)c2ccc(F)cc2F)CC1. The topological polar surface area (TPSA) is 49.4 Å². The lowest BCUT2D eigenvalue weighted by atomic mass is 9.95. The first kappa shape index (κ1) is 18.0. The van der Waals surface area contributed by atoms with Gasteiger partial charge >= 0.3 is 0 Å². The fourth-order valence-corrected chi connectivity index (χ4v) is 2.98. The fraction of sp³-hybridized carbons (Fsp3) is 0.263. The van der Waals surface area contributed by atoms with Crippen LogP contribution in [0.3, 0.4) is 0 Å². The molecule has 0 saturated carbocycles. The second-order valence-corrected chi connectivity index (χ2v) is 6.16. The summed E-state index contributed by atoms with van der Waals surface area (Å²) in [5, 5.41) is 2.55. The Hall–Kier alpha value is -2.83. The predicted octanol–water partition coefficient (Wildman–Crippen LogP) is 3.59. The van der Waals surface area contributed by atoms with E-state index in [0.717, 1.165) is 12.1 Å². The van der Waals surface area contributed by atoms with Crippen LogP contribution in [0, 0.1) is 23.4 Å². The van der Waals surface area contributed by atoms with Gasteiger partial charge in [0.1, 0.15) is 17.5 Å². The van der Waals surface area contributed by atoms with Gasteiger partial charge < -0.3 is 10.2 Å². The molecular weight excluding hydrogens is 345 g/mol. The Morgan fingerprint density at radius 1 is 0.962 bits per heavy atom. The highest BCUT2D eigenvalue weighted by Gasteiger charge is 2.29. The van der Waals surface area contributed by atoms with Crippen LogP contribution in [0.25, 0.3) is 0 Å². The molecule has 0 unspecified atom stereocenters. The number of para-hydroxylation sites is 1. The lowest BCUT2D eigenvalue weighted by Gasteiger charge is -2.31. The molecule has 1 aliphatic rings. The standard InChI is InChI=1S/C19H17F3N2O2/c20-13-5-6-14(16(22)11-13)19(26)24-9-7-12(8-10-24)18(25)23-17-4-2-1-3-15(17)21/h1-6,11-12H,7-10H2,(H,23,25). The van der Waals surface area contributed by atoms with E-state index in [2.05, 4.69) is 5.32 Å². The Balaban J connectivity index is 1.59. The third kappa shape index (κ3) is 3.87. The van der Waals surface area contributed by atoms with Crippen LogP contribution in [-0.4, -0.2) is 29.8 Å². The molecule has 0 bridgehead atoms. The van der Waals surface area contributed by atoms with Gasteiger partial charge in [0, 0.05) is 25.1 Å². The Kier molecular flexibility index (Phi) is 5.25. The predicted molar refractivity (Wildman–Crippen MR) is 90.0 cm³/mol. The van der Waals surface area contributed by atoms with Gasteiger partial charge in [-0.2, -0.15) is 0 Å². The molecule has 7 heteroatoms. The van der Waals surface area contributed by atoms with E-state index in [4.69, 9.17) is 0 Å². The van der Waals surface area contributed by atoms with E-state index >= 15 is 0 Å². The van der Waals surface area contributed by atoms with Crippen molar-refractivity contribution in [3.63, 3.8) is 0 Å². The van der Waals surface area contributed by atoms with Gasteiger partial charge in [0.2, 0.25) is 5.91 Å². The van der Waals surface area contributed by atoms with E-state index in [1.165, 1.54) is 23.1 Å². The average Bonchev–Trinajstić information content (AvgIpc) is 2.63. The number of halogens is 3. The summed E-state index contributed by atoms with van der Waals surface area (Å²) in [5.74, 6) is -3.38. The molecule has 0 aliphatic carbocycles. The molecule has 0 aromatic heterocycles. The first-order valence-corrected chi connectivity index (χ1v) is 8.25. The second-order valence-electron chi connectivity index (χ2n) is 6.16. The third-order valence-corrected chi connectivity index (χ3v) is 4.45. The summed E-state index contributed by atoms with van der Waals surface area (Å²) in [6.07, 6.45) is 0.768. The van der Waals surface area contributed by atoms with Gasteiger partial charge in [-0.1, -0.05) is 12.1 Å². The maximum absolute atomic E-state index is 13.8. The van der Waals surface area contributed by atoms with Crippen LogP contribution in [0.15, 0.2) is 42.5 Å². The van der Waals surface area contributed by atoms with Crippen LogP contribution >= 0.6 is 0 Å². The summed E-state index contributed by atoms with van der Waals surface area (Å²) in [6.45, 7) is 0.538. The number of carbonyl (C=O) groups excluding carboxylic acids is 2. The zero-order chi connectivity index (χ0) is 18.7. The first-order valence-electron chi connectivity index (χ1n) is 8.25. The summed E-state index contributed by atoms with van der Waals surface area (Å²) in [4.78, 5) is 26.1. The van der Waals surface area contributed by atoms with Crippen LogP contribution in [-0.2, 0) is 4.79 Å². The van der Waals surface area contributed by atoms with Gasteiger partial charge in [0.15, 0.2) is 0 Å². The molecule has 136 valence electrons. The van der Waals surface area contributed by atoms with Gasteiger partial charge in [0.05, 0.1) is 11.3 Å². The van der Waals surface area contributed by atoms with Crippen molar-refractivity contribution in [3.05, 3.63) is 65.5 Å². The van der Waals surface area contributed by atoms with Gasteiger partial charge in [0.25, 0.3) is 5.91 Å². The molecule has 0 radical (unpaired) electrons. The number of nitrogens with zero attached hydrogens (tertiary/aromatic N) is 1. The average molecular weight is 362 g/mol. The molecule has 1 saturated heterocycles. The molecule has 2 aromatic carbocycles. The lowest BCUT2D eigenvalue weighted by molar-refractivity contribution is -0.121. The monoisotopic (exact) mass is 362 g/mol. The molecule has 0 atom stereocenters. The number of piperidine rings is 1. The van der Waals surface area contributed by atoms with E-state index in [1.807, 2.05) is 0 Å². The highest BCUT2D eigenvalue weighted by molar-refractivity contribution is 5.95. The molecule has 26 heavy (non-hydrogen) atoms. The molecule has 2 amide bonds. The summed E-state index contributed by atoms with van der Waals surface area (Å²) < 4.78 is 40.3. The minimum absolute atomic E-state index is 0.115. The minimum atomic E-state index is -0.908. The number of hydrogen-bond acceptors (Lipinski definition) is 2. The van der Waals surface area contributed by atoms with Gasteiger partial charge in [-0.15, -0.1) is 0 Å². The fourth-order valence-electron chi connectivity index (χ4n) is 2.98. The van der Waals surface area contributed by atoms with E-state index in [9.17, 15) is 22.8 Å². The van der Waals surface area contributed by atoms with E-state index < -0.39 is 23.4 Å². The quantitative estimate of drug-likeness (QED) is 0.907. The van der Waals surface area contributed by atoms with Gasteiger partial charge in [-0.3, -0.25) is 9.59 Å². The number of hydrogen-bond donors (Lipinski definition) is 1. The smallest absolute Gasteiger partial charge is 0.256 e.